The van der Waals surface area contributed by atoms with Crippen LogP contribution in [0.25, 0.3) is 11.1 Å². The van der Waals surface area contributed by atoms with Crippen molar-refractivity contribution in [3.63, 3.8) is 0 Å². The predicted octanol–water partition coefficient (Wildman–Crippen LogP) is 5.17. The Morgan fingerprint density at radius 1 is 1.04 bits per heavy atom. The van der Waals surface area contributed by atoms with Crippen molar-refractivity contribution in [2.75, 3.05) is 18.8 Å². The molecule has 1 radical (unpaired) electrons. The number of anilines is 1. The molecule has 0 saturated carbocycles. The SMILES string of the molecule is Nc1ncc(-c2ccc([CH]N3CCCC3)cc2)cc1OCc1ccccc1Cl. The number of benzene rings is 2. The van der Waals surface area contributed by atoms with Crippen LogP contribution in [0.4, 0.5) is 5.82 Å². The maximum Gasteiger partial charge on any atom is 0.166 e. The first kappa shape index (κ1) is 18.8. The Labute approximate surface area is 170 Å². The summed E-state index contributed by atoms with van der Waals surface area (Å²) in [6, 6.07) is 18.0. The minimum atomic E-state index is 0.346. The van der Waals surface area contributed by atoms with Crippen molar-refractivity contribution in [2.24, 2.45) is 0 Å². The highest BCUT2D eigenvalue weighted by Crippen LogP contribution is 2.29. The second kappa shape index (κ2) is 8.63. The average molecular weight is 393 g/mol. The molecule has 1 aliphatic heterocycles. The Morgan fingerprint density at radius 3 is 2.54 bits per heavy atom. The van der Waals surface area contributed by atoms with E-state index in [0.717, 1.165) is 29.8 Å². The fourth-order valence-electron chi connectivity index (χ4n) is 3.34. The molecule has 0 atom stereocenters. The van der Waals surface area contributed by atoms with E-state index in [1.807, 2.05) is 30.3 Å². The van der Waals surface area contributed by atoms with Crippen LogP contribution < -0.4 is 10.5 Å². The molecule has 28 heavy (non-hydrogen) atoms. The second-order valence-electron chi connectivity index (χ2n) is 6.98. The summed E-state index contributed by atoms with van der Waals surface area (Å²) in [7, 11) is 0. The fraction of sp³-hybridized carbons (Fsp3) is 0.217. The van der Waals surface area contributed by atoms with Crippen molar-refractivity contribution in [3.05, 3.63) is 83.5 Å². The van der Waals surface area contributed by atoms with Gasteiger partial charge in [0, 0.05) is 22.3 Å². The van der Waals surface area contributed by atoms with Crippen LogP contribution >= 0.6 is 11.6 Å². The van der Waals surface area contributed by atoms with Gasteiger partial charge in [0.2, 0.25) is 0 Å². The fourth-order valence-corrected chi connectivity index (χ4v) is 3.53. The lowest BCUT2D eigenvalue weighted by atomic mass is 10.1. The number of pyridine rings is 1. The maximum atomic E-state index is 6.20. The van der Waals surface area contributed by atoms with E-state index in [-0.39, 0.29) is 0 Å². The molecule has 143 valence electrons. The number of hydrogen-bond donors (Lipinski definition) is 1. The van der Waals surface area contributed by atoms with Crippen LogP contribution in [-0.2, 0) is 6.61 Å². The first-order chi connectivity index (χ1) is 13.7. The lowest BCUT2D eigenvalue weighted by Crippen LogP contribution is -2.15. The zero-order chi connectivity index (χ0) is 19.3. The molecule has 2 N–H and O–H groups in total. The van der Waals surface area contributed by atoms with Gasteiger partial charge in [0.1, 0.15) is 6.61 Å². The van der Waals surface area contributed by atoms with Crippen molar-refractivity contribution in [3.8, 4) is 16.9 Å². The Hall–Kier alpha value is -2.56. The largest absolute Gasteiger partial charge is 0.485 e. The van der Waals surface area contributed by atoms with Crippen LogP contribution in [0, 0.1) is 6.54 Å². The number of rotatable bonds is 6. The molecule has 2 heterocycles. The van der Waals surface area contributed by atoms with Gasteiger partial charge in [-0.05, 0) is 49.2 Å². The van der Waals surface area contributed by atoms with Gasteiger partial charge in [0.25, 0.3) is 0 Å². The lowest BCUT2D eigenvalue weighted by Gasteiger charge is -2.14. The van der Waals surface area contributed by atoms with Gasteiger partial charge >= 0.3 is 0 Å². The van der Waals surface area contributed by atoms with Crippen LogP contribution in [0.2, 0.25) is 5.02 Å². The normalized spacial score (nSPS) is 14.3. The highest BCUT2D eigenvalue weighted by molar-refractivity contribution is 6.31. The third kappa shape index (κ3) is 4.46. The van der Waals surface area contributed by atoms with Crippen LogP contribution in [0.1, 0.15) is 24.0 Å². The molecule has 1 saturated heterocycles. The molecule has 2 aromatic carbocycles. The number of ether oxygens (including phenoxy) is 1. The highest BCUT2D eigenvalue weighted by atomic mass is 35.5. The van der Waals surface area contributed by atoms with Crippen molar-refractivity contribution >= 4 is 17.4 Å². The third-order valence-electron chi connectivity index (χ3n) is 4.94. The molecular formula is C23H23ClN3O. The number of hydrogen-bond acceptors (Lipinski definition) is 4. The number of nitrogens with zero attached hydrogens (tertiary/aromatic N) is 2. The van der Waals surface area contributed by atoms with E-state index in [1.54, 1.807) is 6.20 Å². The van der Waals surface area contributed by atoms with E-state index in [4.69, 9.17) is 22.1 Å². The highest BCUT2D eigenvalue weighted by Gasteiger charge is 2.12. The Balaban J connectivity index is 1.47. The number of nitrogens with two attached hydrogens (primary N) is 1. The molecule has 0 spiro atoms. The van der Waals surface area contributed by atoms with Gasteiger partial charge in [0.15, 0.2) is 11.6 Å². The average Bonchev–Trinajstić information content (AvgIpc) is 3.22. The minimum absolute atomic E-state index is 0.346. The topological polar surface area (TPSA) is 51.4 Å². The van der Waals surface area contributed by atoms with E-state index < -0.39 is 0 Å². The zero-order valence-electron chi connectivity index (χ0n) is 15.6. The molecule has 5 heteroatoms. The van der Waals surface area contributed by atoms with Gasteiger partial charge in [0.05, 0.1) is 6.54 Å². The molecule has 0 aliphatic carbocycles. The monoisotopic (exact) mass is 392 g/mol. The van der Waals surface area contributed by atoms with Gasteiger partial charge in [-0.2, -0.15) is 0 Å². The summed E-state index contributed by atoms with van der Waals surface area (Å²) >= 11 is 6.20. The van der Waals surface area contributed by atoms with Crippen LogP contribution in [0.5, 0.6) is 5.75 Å². The summed E-state index contributed by atoms with van der Waals surface area (Å²) < 4.78 is 5.89. The number of nitrogen functional groups attached to an aromatic ring is 1. The standard InChI is InChI=1S/C23H23ClN3O/c24-21-6-2-1-5-19(21)16-28-22-13-20(14-26-23(22)25)18-9-7-17(8-10-18)15-27-11-3-4-12-27/h1-2,5-10,13-15H,3-4,11-12,16H2,(H2,25,26). The minimum Gasteiger partial charge on any atom is -0.485 e. The molecule has 1 aliphatic rings. The smallest absolute Gasteiger partial charge is 0.166 e. The Kier molecular flexibility index (Phi) is 5.79. The van der Waals surface area contributed by atoms with Gasteiger partial charge < -0.3 is 10.5 Å². The van der Waals surface area contributed by atoms with Gasteiger partial charge in [-0.1, -0.05) is 54.1 Å². The van der Waals surface area contributed by atoms with Crippen molar-refractivity contribution < 1.29 is 4.74 Å². The summed E-state index contributed by atoms with van der Waals surface area (Å²) in [5, 5.41) is 0.676. The van der Waals surface area contributed by atoms with E-state index in [9.17, 15) is 0 Å². The number of aromatic nitrogens is 1. The summed E-state index contributed by atoms with van der Waals surface area (Å²) in [5.41, 5.74) is 10.2. The molecule has 4 nitrogen and oxygen atoms in total. The Morgan fingerprint density at radius 2 is 1.79 bits per heavy atom. The van der Waals surface area contributed by atoms with Crippen LogP contribution in [0.15, 0.2) is 60.8 Å². The van der Waals surface area contributed by atoms with Gasteiger partial charge in [-0.3, -0.25) is 4.90 Å². The number of likely N-dealkylation sites (tertiary alicyclic amines) is 1. The molecule has 3 aromatic rings. The van der Waals surface area contributed by atoms with Crippen molar-refractivity contribution in [1.29, 1.82) is 0 Å². The molecular weight excluding hydrogens is 370 g/mol. The predicted molar refractivity (Wildman–Crippen MR) is 114 cm³/mol. The van der Waals surface area contributed by atoms with Crippen LogP contribution in [-0.4, -0.2) is 23.0 Å². The first-order valence-corrected chi connectivity index (χ1v) is 9.88. The van der Waals surface area contributed by atoms with E-state index in [2.05, 4.69) is 40.7 Å². The van der Waals surface area contributed by atoms with Gasteiger partial charge in [-0.15, -0.1) is 0 Å². The Bertz CT molecular complexity index is 937. The molecule has 1 fully saturated rings. The van der Waals surface area contributed by atoms with Crippen LogP contribution in [0.3, 0.4) is 0 Å². The van der Waals surface area contributed by atoms with E-state index in [0.29, 0.717) is 23.2 Å². The summed E-state index contributed by atoms with van der Waals surface area (Å²) in [4.78, 5) is 6.67. The lowest BCUT2D eigenvalue weighted by molar-refractivity contribution is 0.307. The quantitative estimate of drug-likeness (QED) is 0.628. The molecule has 0 amide bonds. The summed E-state index contributed by atoms with van der Waals surface area (Å²) in [6.45, 7) is 4.88. The molecule has 4 rings (SSSR count). The van der Waals surface area contributed by atoms with E-state index >= 15 is 0 Å². The molecule has 0 bridgehead atoms. The summed E-state index contributed by atoms with van der Waals surface area (Å²) in [6.07, 6.45) is 4.34. The van der Waals surface area contributed by atoms with E-state index in [1.165, 1.54) is 18.4 Å². The number of halogens is 1. The second-order valence-corrected chi connectivity index (χ2v) is 7.39. The zero-order valence-corrected chi connectivity index (χ0v) is 16.4. The maximum absolute atomic E-state index is 6.20. The van der Waals surface area contributed by atoms with Gasteiger partial charge in [-0.25, -0.2) is 4.98 Å². The van der Waals surface area contributed by atoms with Crippen molar-refractivity contribution in [2.45, 2.75) is 19.4 Å². The molecule has 0 unspecified atom stereocenters. The molecule has 1 aromatic heterocycles. The van der Waals surface area contributed by atoms with Crippen molar-refractivity contribution in [1.82, 2.24) is 9.88 Å². The third-order valence-corrected chi connectivity index (χ3v) is 5.31. The summed E-state index contributed by atoms with van der Waals surface area (Å²) in [5.74, 6) is 0.930. The first-order valence-electron chi connectivity index (χ1n) is 9.50.